The van der Waals surface area contributed by atoms with E-state index < -0.39 is 12.0 Å². The van der Waals surface area contributed by atoms with E-state index >= 15 is 0 Å². The number of hydrogen-bond donors (Lipinski definition) is 0. The predicted molar refractivity (Wildman–Crippen MR) is 129 cm³/mol. The van der Waals surface area contributed by atoms with E-state index in [1.807, 2.05) is 19.1 Å². The van der Waals surface area contributed by atoms with E-state index in [4.69, 9.17) is 32.9 Å². The van der Waals surface area contributed by atoms with Crippen molar-refractivity contribution >= 4 is 28.9 Å². The summed E-state index contributed by atoms with van der Waals surface area (Å²) in [5.41, 5.74) is 3.26. The number of nitrogens with zero attached hydrogens (tertiary/aromatic N) is 3. The molecule has 3 atom stereocenters. The number of fused-ring (bicyclic) bond motifs is 2. The molecule has 1 aliphatic carbocycles. The molecule has 0 N–H and O–H groups in total. The maximum absolute atomic E-state index is 12.4. The van der Waals surface area contributed by atoms with Crippen molar-refractivity contribution in [2.24, 2.45) is 4.99 Å². The number of alkyl halides is 4. The van der Waals surface area contributed by atoms with Gasteiger partial charge in [-0.2, -0.15) is 0 Å². The molecule has 35 heavy (non-hydrogen) atoms. The van der Waals surface area contributed by atoms with Crippen LogP contribution in [0.1, 0.15) is 44.4 Å². The highest BCUT2D eigenvalue weighted by Crippen LogP contribution is 2.48. The Morgan fingerprint density at radius 1 is 1.23 bits per heavy atom. The molecule has 3 unspecified atom stereocenters. The second-order valence-corrected chi connectivity index (χ2v) is 10.4. The van der Waals surface area contributed by atoms with Gasteiger partial charge in [0.2, 0.25) is 0 Å². The molecule has 0 bridgehead atoms. The average Bonchev–Trinajstić information content (AvgIpc) is 3.09. The van der Waals surface area contributed by atoms with Crippen LogP contribution in [-0.2, 0) is 9.47 Å². The van der Waals surface area contributed by atoms with Gasteiger partial charge in [-0.15, -0.1) is 24.8 Å². The fraction of sp³-hybridized carbons (Fsp3) is 0.520. The molecular weight excluding hydrogens is 502 g/mol. The van der Waals surface area contributed by atoms with Gasteiger partial charge in [0.1, 0.15) is 17.5 Å². The van der Waals surface area contributed by atoms with Crippen LogP contribution in [0.3, 0.4) is 0 Å². The zero-order valence-electron chi connectivity index (χ0n) is 19.2. The lowest BCUT2D eigenvalue weighted by molar-refractivity contribution is -0.306. The largest absolute Gasteiger partial charge is 0.572 e. The fourth-order valence-corrected chi connectivity index (χ4v) is 5.56. The van der Waals surface area contributed by atoms with Crippen molar-refractivity contribution in [1.82, 2.24) is 9.88 Å². The van der Waals surface area contributed by atoms with Crippen LogP contribution >= 0.6 is 23.2 Å². The summed E-state index contributed by atoms with van der Waals surface area (Å²) in [4.78, 5) is 11.8. The van der Waals surface area contributed by atoms with E-state index in [0.717, 1.165) is 48.5 Å². The van der Waals surface area contributed by atoms with E-state index in [1.165, 1.54) is 6.08 Å². The Morgan fingerprint density at radius 3 is 2.66 bits per heavy atom. The molecule has 0 aromatic carbocycles. The van der Waals surface area contributed by atoms with Gasteiger partial charge in [-0.1, -0.05) is 29.3 Å². The Balaban J connectivity index is 1.30. The SMILES string of the molecule is CC1N=C2C(=CC1Cl)C(c1cc(Cl)ccn1)OC21CCN(CC2=CC=C(OC(F)(F)F)CC2)CC1. The molecule has 1 aromatic rings. The normalized spacial score (nSPS) is 28.7. The van der Waals surface area contributed by atoms with Gasteiger partial charge in [-0.3, -0.25) is 14.9 Å². The highest BCUT2D eigenvalue weighted by molar-refractivity contribution is 6.30. The minimum absolute atomic E-state index is 0.0415. The molecule has 5 rings (SSSR count). The van der Waals surface area contributed by atoms with Gasteiger partial charge in [0.25, 0.3) is 0 Å². The molecule has 5 nitrogen and oxygen atoms in total. The monoisotopic (exact) mass is 527 g/mol. The zero-order chi connectivity index (χ0) is 24.8. The maximum Gasteiger partial charge on any atom is 0.572 e. The predicted octanol–water partition coefficient (Wildman–Crippen LogP) is 6.16. The third kappa shape index (κ3) is 5.31. The summed E-state index contributed by atoms with van der Waals surface area (Å²) in [5.74, 6) is -0.0415. The van der Waals surface area contributed by atoms with Gasteiger partial charge >= 0.3 is 6.36 Å². The van der Waals surface area contributed by atoms with Crippen molar-refractivity contribution in [2.45, 2.75) is 62.1 Å². The molecule has 4 aliphatic rings. The van der Waals surface area contributed by atoms with Gasteiger partial charge in [-0.25, -0.2) is 0 Å². The molecule has 3 aliphatic heterocycles. The van der Waals surface area contributed by atoms with Gasteiger partial charge in [0.05, 0.1) is 22.8 Å². The summed E-state index contributed by atoms with van der Waals surface area (Å²) in [6, 6.07) is 3.50. The number of aliphatic imine (C=N–C) groups is 1. The van der Waals surface area contributed by atoms with Gasteiger partial charge in [0.15, 0.2) is 0 Å². The lowest BCUT2D eigenvalue weighted by Gasteiger charge is -2.40. The van der Waals surface area contributed by atoms with E-state index in [9.17, 15) is 13.2 Å². The lowest BCUT2D eigenvalue weighted by atomic mass is 9.82. The third-order valence-electron chi connectivity index (χ3n) is 7.01. The van der Waals surface area contributed by atoms with Crippen molar-refractivity contribution in [3.63, 3.8) is 0 Å². The molecule has 4 heterocycles. The Kier molecular flexibility index (Phi) is 6.76. The molecular formula is C25H26Cl2F3N3O2. The average molecular weight is 528 g/mol. The van der Waals surface area contributed by atoms with Crippen molar-refractivity contribution in [3.05, 3.63) is 64.2 Å². The van der Waals surface area contributed by atoms with Gasteiger partial charge in [0, 0.05) is 42.8 Å². The van der Waals surface area contributed by atoms with Crippen molar-refractivity contribution in [3.8, 4) is 0 Å². The summed E-state index contributed by atoms with van der Waals surface area (Å²) >= 11 is 12.8. The standard InChI is InChI=1S/C25H26Cl2F3N3O2/c1-15-20(27)13-19-22(21-12-17(26)6-9-31-21)35-24(23(19)32-15)7-10-33(11-8-24)14-16-2-4-18(5-3-16)34-25(28,29)30/h2,4,6,9,12-13,15,20,22H,3,5,7-8,10-11,14H2,1H3. The Hall–Kier alpha value is -1.87. The lowest BCUT2D eigenvalue weighted by Crippen LogP contribution is -2.49. The summed E-state index contributed by atoms with van der Waals surface area (Å²) < 4.78 is 48.1. The Morgan fingerprint density at radius 2 is 2.00 bits per heavy atom. The first-order valence-electron chi connectivity index (χ1n) is 11.7. The van der Waals surface area contributed by atoms with Crippen LogP contribution in [0.5, 0.6) is 0 Å². The van der Waals surface area contributed by atoms with Crippen molar-refractivity contribution in [2.75, 3.05) is 19.6 Å². The minimum atomic E-state index is -4.64. The smallest absolute Gasteiger partial charge is 0.410 e. The van der Waals surface area contributed by atoms with Crippen LogP contribution in [0, 0.1) is 0 Å². The number of aromatic nitrogens is 1. The van der Waals surface area contributed by atoms with Gasteiger partial charge < -0.3 is 9.47 Å². The van der Waals surface area contributed by atoms with Gasteiger partial charge in [-0.05, 0) is 44.4 Å². The second kappa shape index (κ2) is 9.54. The van der Waals surface area contributed by atoms with Crippen LogP contribution in [-0.4, -0.2) is 58.6 Å². The summed E-state index contributed by atoms with van der Waals surface area (Å²) in [6.07, 6.45) is 4.20. The number of rotatable bonds is 4. The van der Waals surface area contributed by atoms with Crippen LogP contribution in [0.4, 0.5) is 13.2 Å². The zero-order valence-corrected chi connectivity index (χ0v) is 20.7. The third-order valence-corrected chi connectivity index (χ3v) is 7.74. The highest BCUT2D eigenvalue weighted by Gasteiger charge is 2.52. The summed E-state index contributed by atoms with van der Waals surface area (Å²) in [7, 11) is 0. The molecule has 0 amide bonds. The number of allylic oxidation sites excluding steroid dienone is 3. The first-order valence-corrected chi connectivity index (χ1v) is 12.5. The minimum Gasteiger partial charge on any atom is -0.410 e. The van der Waals surface area contributed by atoms with E-state index in [2.05, 4.69) is 14.6 Å². The molecule has 10 heteroatoms. The van der Waals surface area contributed by atoms with Crippen molar-refractivity contribution in [1.29, 1.82) is 0 Å². The summed E-state index contributed by atoms with van der Waals surface area (Å²) in [5, 5.41) is 0.380. The van der Waals surface area contributed by atoms with Crippen molar-refractivity contribution < 1.29 is 22.6 Å². The van der Waals surface area contributed by atoms with Crippen LogP contribution < -0.4 is 0 Å². The quantitative estimate of drug-likeness (QED) is 0.440. The first kappa shape index (κ1) is 24.8. The number of likely N-dealkylation sites (tertiary alicyclic amines) is 1. The Labute approximate surface area is 212 Å². The highest BCUT2D eigenvalue weighted by atomic mass is 35.5. The molecule has 2 fully saturated rings. The topological polar surface area (TPSA) is 47.0 Å². The number of halogens is 5. The number of ether oxygens (including phenoxy) is 2. The molecule has 1 spiro atoms. The molecule has 188 valence electrons. The summed E-state index contributed by atoms with van der Waals surface area (Å²) in [6.45, 7) is 4.29. The van der Waals surface area contributed by atoms with Crippen LogP contribution in [0.25, 0.3) is 0 Å². The maximum atomic E-state index is 12.4. The second-order valence-electron chi connectivity index (χ2n) is 9.46. The molecule has 0 radical (unpaired) electrons. The fourth-order valence-electron chi connectivity index (χ4n) is 5.20. The van der Waals surface area contributed by atoms with E-state index in [1.54, 1.807) is 18.3 Å². The molecule has 1 aromatic heterocycles. The van der Waals surface area contributed by atoms with E-state index in [-0.39, 0.29) is 29.7 Å². The van der Waals surface area contributed by atoms with E-state index in [0.29, 0.717) is 18.0 Å². The van der Waals surface area contributed by atoms with Crippen LogP contribution in [0.2, 0.25) is 5.02 Å². The number of dihydropyridines is 1. The first-order chi connectivity index (χ1) is 16.6. The van der Waals surface area contributed by atoms with Crippen LogP contribution in [0.15, 0.2) is 58.5 Å². The number of pyridine rings is 1. The molecule has 0 saturated carbocycles. The molecule has 2 saturated heterocycles. The Bertz CT molecular complexity index is 1110. The number of hydrogen-bond acceptors (Lipinski definition) is 5. The number of piperidine rings is 1.